The van der Waals surface area contributed by atoms with E-state index in [1.54, 1.807) is 7.11 Å². The molecule has 0 atom stereocenters. The van der Waals surface area contributed by atoms with Crippen molar-refractivity contribution >= 4 is 36.4 Å². The summed E-state index contributed by atoms with van der Waals surface area (Å²) in [5.41, 5.74) is 3.26. The number of carbonyl (C=O) groups excluding carboxylic acids is 2. The zero-order valence-electron chi connectivity index (χ0n) is 19.9. The van der Waals surface area contributed by atoms with Crippen molar-refractivity contribution in [2.45, 2.75) is 45.8 Å². The van der Waals surface area contributed by atoms with Gasteiger partial charge in [0.2, 0.25) is 11.8 Å². The first-order chi connectivity index (χ1) is 15.2. The predicted molar refractivity (Wildman–Crippen MR) is 135 cm³/mol. The monoisotopic (exact) mass is 453 g/mol. The summed E-state index contributed by atoms with van der Waals surface area (Å²) >= 11 is 0. The highest BCUT2D eigenvalue weighted by Gasteiger charge is 2.26. The van der Waals surface area contributed by atoms with Gasteiger partial charge in [0, 0.05) is 12.5 Å². The predicted octanol–water partition coefficient (Wildman–Crippen LogP) is 4.29. The molecule has 3 rings (SSSR count). The molecule has 0 radical (unpaired) electrons. The summed E-state index contributed by atoms with van der Waals surface area (Å²) in [4.78, 5) is 27.2. The Bertz CT molecular complexity index is 962. The number of rotatable bonds is 7. The number of piperidine rings is 1. The Labute approximate surface area is 192 Å². The number of hydrogen-bond acceptors (Lipinski definition) is 4. The van der Waals surface area contributed by atoms with Crippen LogP contribution in [0.5, 0.6) is 5.75 Å². The SMILES string of the molecule is COc1ccc(-c2c([Si](C)(C)C)ccc(NC(C)=O)c2NC(=O)CN2CCCCC2)cc1. The van der Waals surface area contributed by atoms with Crippen LogP contribution in [0.2, 0.25) is 19.6 Å². The van der Waals surface area contributed by atoms with Crippen molar-refractivity contribution < 1.29 is 14.3 Å². The van der Waals surface area contributed by atoms with E-state index in [1.807, 2.05) is 30.3 Å². The van der Waals surface area contributed by atoms with Gasteiger partial charge in [0.15, 0.2) is 0 Å². The Hall–Kier alpha value is -2.64. The lowest BCUT2D eigenvalue weighted by Gasteiger charge is -2.28. The van der Waals surface area contributed by atoms with E-state index in [4.69, 9.17) is 4.74 Å². The Morgan fingerprint density at radius 2 is 1.62 bits per heavy atom. The second-order valence-corrected chi connectivity index (χ2v) is 14.5. The molecule has 7 heteroatoms. The lowest BCUT2D eigenvalue weighted by Crippen LogP contribution is -2.40. The molecule has 0 spiro atoms. The molecule has 2 aromatic carbocycles. The third-order valence-electron chi connectivity index (χ3n) is 5.78. The molecule has 6 nitrogen and oxygen atoms in total. The van der Waals surface area contributed by atoms with Crippen molar-refractivity contribution in [3.8, 4) is 16.9 Å². The molecule has 1 aliphatic rings. The van der Waals surface area contributed by atoms with E-state index in [2.05, 4.69) is 41.2 Å². The van der Waals surface area contributed by atoms with Crippen molar-refractivity contribution in [2.24, 2.45) is 0 Å². The fourth-order valence-corrected chi connectivity index (χ4v) is 5.81. The van der Waals surface area contributed by atoms with Crippen molar-refractivity contribution in [1.82, 2.24) is 4.90 Å². The summed E-state index contributed by atoms with van der Waals surface area (Å²) in [6.07, 6.45) is 3.49. The normalized spacial score (nSPS) is 14.7. The van der Waals surface area contributed by atoms with Gasteiger partial charge in [-0.3, -0.25) is 14.5 Å². The second-order valence-electron chi connectivity index (χ2n) is 9.46. The molecule has 0 unspecified atom stereocenters. The van der Waals surface area contributed by atoms with Crippen LogP contribution in [0.4, 0.5) is 11.4 Å². The average molecular weight is 454 g/mol. The molecule has 2 aromatic rings. The van der Waals surface area contributed by atoms with Crippen molar-refractivity contribution in [1.29, 1.82) is 0 Å². The van der Waals surface area contributed by atoms with Crippen LogP contribution >= 0.6 is 0 Å². The second kappa shape index (κ2) is 10.3. The highest BCUT2D eigenvalue weighted by atomic mass is 28.3. The molecular weight excluding hydrogens is 418 g/mol. The molecule has 2 N–H and O–H groups in total. The zero-order chi connectivity index (χ0) is 23.3. The van der Waals surface area contributed by atoms with E-state index in [-0.39, 0.29) is 11.8 Å². The number of nitrogens with one attached hydrogen (secondary N) is 2. The molecule has 0 aromatic heterocycles. The quantitative estimate of drug-likeness (QED) is 0.614. The summed E-state index contributed by atoms with van der Waals surface area (Å²) in [6, 6.07) is 11.9. The number of ether oxygens (including phenoxy) is 1. The van der Waals surface area contributed by atoms with Crippen LogP contribution in [-0.2, 0) is 9.59 Å². The fraction of sp³-hybridized carbons (Fsp3) is 0.440. The van der Waals surface area contributed by atoms with Gasteiger partial charge in [-0.05, 0) is 49.7 Å². The molecule has 172 valence electrons. The summed E-state index contributed by atoms with van der Waals surface area (Å²) in [6.45, 7) is 10.6. The standard InChI is InChI=1S/C25H35N3O3Si/c1-18(29)26-21-13-14-22(32(3,4)5)24(19-9-11-20(31-2)12-10-19)25(21)27-23(30)17-28-15-7-6-8-16-28/h9-14H,6-8,15-17H2,1-5H3,(H,26,29)(H,27,30). The fourth-order valence-electron chi connectivity index (χ4n) is 4.21. The molecule has 1 fully saturated rings. The maximum Gasteiger partial charge on any atom is 0.238 e. The Morgan fingerprint density at radius 3 is 2.19 bits per heavy atom. The first-order valence-corrected chi connectivity index (χ1v) is 14.8. The first kappa shape index (κ1) is 24.0. The molecule has 1 saturated heterocycles. The van der Waals surface area contributed by atoms with Gasteiger partial charge in [-0.25, -0.2) is 0 Å². The van der Waals surface area contributed by atoms with Gasteiger partial charge >= 0.3 is 0 Å². The van der Waals surface area contributed by atoms with Gasteiger partial charge in [-0.2, -0.15) is 0 Å². The number of anilines is 2. The van der Waals surface area contributed by atoms with Crippen LogP contribution in [0.25, 0.3) is 11.1 Å². The largest absolute Gasteiger partial charge is 0.497 e. The van der Waals surface area contributed by atoms with Crippen LogP contribution in [0.15, 0.2) is 36.4 Å². The van der Waals surface area contributed by atoms with Crippen LogP contribution in [0, 0.1) is 0 Å². The van der Waals surface area contributed by atoms with Gasteiger partial charge in [-0.1, -0.05) is 49.4 Å². The minimum atomic E-state index is -1.78. The molecular formula is C25H35N3O3Si. The van der Waals surface area contributed by atoms with E-state index < -0.39 is 8.07 Å². The maximum atomic E-state index is 13.1. The van der Waals surface area contributed by atoms with Gasteiger partial charge < -0.3 is 15.4 Å². The molecule has 0 bridgehead atoms. The lowest BCUT2D eigenvalue weighted by atomic mass is 10.0. The number of benzene rings is 2. The zero-order valence-corrected chi connectivity index (χ0v) is 20.9. The van der Waals surface area contributed by atoms with Crippen LogP contribution in [-0.4, -0.2) is 51.5 Å². The number of methoxy groups -OCH3 is 1. The minimum Gasteiger partial charge on any atom is -0.497 e. The van der Waals surface area contributed by atoms with Crippen molar-refractivity contribution in [3.05, 3.63) is 36.4 Å². The lowest BCUT2D eigenvalue weighted by molar-refractivity contribution is -0.117. The summed E-state index contributed by atoms with van der Waals surface area (Å²) in [5, 5.41) is 7.31. The van der Waals surface area contributed by atoms with E-state index in [1.165, 1.54) is 18.5 Å². The number of nitrogens with zero attached hydrogens (tertiary/aromatic N) is 1. The third-order valence-corrected chi connectivity index (χ3v) is 7.82. The van der Waals surface area contributed by atoms with Crippen LogP contribution in [0.1, 0.15) is 26.2 Å². The van der Waals surface area contributed by atoms with E-state index in [0.717, 1.165) is 42.8 Å². The van der Waals surface area contributed by atoms with E-state index >= 15 is 0 Å². The topological polar surface area (TPSA) is 70.7 Å². The maximum absolute atomic E-state index is 13.1. The van der Waals surface area contributed by atoms with Gasteiger partial charge in [0.1, 0.15) is 5.75 Å². The van der Waals surface area contributed by atoms with Gasteiger partial charge in [-0.15, -0.1) is 0 Å². The third kappa shape index (κ3) is 5.98. The molecule has 1 aliphatic heterocycles. The van der Waals surface area contributed by atoms with Crippen molar-refractivity contribution in [3.63, 3.8) is 0 Å². The van der Waals surface area contributed by atoms with Crippen LogP contribution < -0.4 is 20.6 Å². The average Bonchev–Trinajstić information content (AvgIpc) is 2.74. The summed E-state index contributed by atoms with van der Waals surface area (Å²) < 4.78 is 5.33. The number of carbonyl (C=O) groups is 2. The van der Waals surface area contributed by atoms with Gasteiger partial charge in [0.25, 0.3) is 0 Å². The molecule has 2 amide bonds. The highest BCUT2D eigenvalue weighted by Crippen LogP contribution is 2.35. The Morgan fingerprint density at radius 1 is 0.969 bits per heavy atom. The van der Waals surface area contributed by atoms with Crippen LogP contribution in [0.3, 0.4) is 0 Å². The van der Waals surface area contributed by atoms with E-state index in [9.17, 15) is 9.59 Å². The van der Waals surface area contributed by atoms with Gasteiger partial charge in [0.05, 0.1) is 33.1 Å². The number of likely N-dealkylation sites (tertiary alicyclic amines) is 1. The number of hydrogen-bond donors (Lipinski definition) is 2. The molecule has 0 aliphatic carbocycles. The Balaban J connectivity index is 2.08. The summed E-state index contributed by atoms with van der Waals surface area (Å²) in [7, 11) is -0.131. The highest BCUT2D eigenvalue weighted by molar-refractivity contribution is 6.89. The molecule has 32 heavy (non-hydrogen) atoms. The number of amides is 2. The first-order valence-electron chi connectivity index (χ1n) is 11.3. The molecule has 0 saturated carbocycles. The molecule has 1 heterocycles. The Kier molecular flexibility index (Phi) is 7.74. The van der Waals surface area contributed by atoms with Crippen molar-refractivity contribution in [2.75, 3.05) is 37.4 Å². The van der Waals surface area contributed by atoms with E-state index in [0.29, 0.717) is 17.9 Å². The summed E-state index contributed by atoms with van der Waals surface area (Å²) in [5.74, 6) is 0.552. The smallest absolute Gasteiger partial charge is 0.238 e. The minimum absolute atomic E-state index is 0.0546.